The van der Waals surface area contributed by atoms with Crippen LogP contribution in [0.1, 0.15) is 43.6 Å². The Kier molecular flexibility index (Phi) is 4.62. The lowest BCUT2D eigenvalue weighted by Crippen LogP contribution is -2.34. The first-order valence-electron chi connectivity index (χ1n) is 8.33. The molecule has 22 heavy (non-hydrogen) atoms. The summed E-state index contributed by atoms with van der Waals surface area (Å²) in [6.07, 6.45) is 14.8. The molecule has 3 atom stereocenters. The molecule has 5 nitrogen and oxygen atoms in total. The fraction of sp³-hybridized carbons (Fsp3) is 0.647. The van der Waals surface area contributed by atoms with Crippen molar-refractivity contribution in [3.63, 3.8) is 0 Å². The molecule has 0 saturated carbocycles. The van der Waals surface area contributed by atoms with Gasteiger partial charge in [0.2, 0.25) is 5.91 Å². The molecule has 2 heterocycles. The van der Waals surface area contributed by atoms with Crippen LogP contribution in [0.5, 0.6) is 0 Å². The average molecular weight is 302 g/mol. The highest BCUT2D eigenvalue weighted by molar-refractivity contribution is 5.78. The normalized spacial score (nSPS) is 31.6. The number of nitrogens with two attached hydrogens (primary N) is 1. The van der Waals surface area contributed by atoms with Crippen LogP contribution in [0.2, 0.25) is 0 Å². The molecule has 0 bridgehead atoms. The Balaban J connectivity index is 1.77. The minimum absolute atomic E-state index is 0.108. The molecule has 0 radical (unpaired) electrons. The number of nitrogens with zero attached hydrogens (tertiary/aromatic N) is 3. The molecule has 1 unspecified atom stereocenters. The second-order valence-corrected chi connectivity index (χ2v) is 6.65. The molecular weight excluding hydrogens is 276 g/mol. The predicted octanol–water partition coefficient (Wildman–Crippen LogP) is 1.81. The third kappa shape index (κ3) is 3.24. The molecule has 1 amide bonds. The summed E-state index contributed by atoms with van der Waals surface area (Å²) in [6, 6.07) is 0.448. The average Bonchev–Trinajstić information content (AvgIpc) is 3.04. The molecule has 0 aromatic carbocycles. The summed E-state index contributed by atoms with van der Waals surface area (Å²) in [5.41, 5.74) is 6.80. The highest BCUT2D eigenvalue weighted by Crippen LogP contribution is 2.34. The Morgan fingerprint density at radius 1 is 1.32 bits per heavy atom. The standard InChI is InChI=1S/C17H26N4O/c1-20-10-13(9-19-20)15-11-21(12-16(15)17(18)22)14-7-5-3-2-4-6-8-14/h5,7,9-10,14-16H,2-4,6,8,11-12H2,1H3,(H2,18,22)/b7-5-/t14?,15-,16+/m1/s1. The van der Waals surface area contributed by atoms with Crippen molar-refractivity contribution in [1.82, 2.24) is 14.7 Å². The summed E-state index contributed by atoms with van der Waals surface area (Å²) in [6.45, 7) is 1.66. The van der Waals surface area contributed by atoms with Crippen LogP contribution in [0.4, 0.5) is 0 Å². The third-order valence-electron chi connectivity index (χ3n) is 5.06. The van der Waals surface area contributed by atoms with Gasteiger partial charge in [0.1, 0.15) is 0 Å². The zero-order chi connectivity index (χ0) is 15.5. The smallest absolute Gasteiger partial charge is 0.222 e. The van der Waals surface area contributed by atoms with Crippen molar-refractivity contribution in [2.45, 2.75) is 44.1 Å². The van der Waals surface area contributed by atoms with E-state index in [-0.39, 0.29) is 17.7 Å². The molecule has 1 aromatic heterocycles. The predicted molar refractivity (Wildman–Crippen MR) is 86.2 cm³/mol. The minimum Gasteiger partial charge on any atom is -0.369 e. The van der Waals surface area contributed by atoms with Crippen LogP contribution in [0.25, 0.3) is 0 Å². The van der Waals surface area contributed by atoms with Crippen molar-refractivity contribution in [2.75, 3.05) is 13.1 Å². The first kappa shape index (κ1) is 15.3. The molecule has 120 valence electrons. The van der Waals surface area contributed by atoms with Crippen molar-refractivity contribution in [3.8, 4) is 0 Å². The number of primary amides is 1. The number of rotatable bonds is 3. The number of amides is 1. The number of hydrogen-bond acceptors (Lipinski definition) is 3. The van der Waals surface area contributed by atoms with Gasteiger partial charge in [0.05, 0.1) is 12.1 Å². The van der Waals surface area contributed by atoms with Gasteiger partial charge in [-0.05, 0) is 24.8 Å². The number of carbonyl (C=O) groups is 1. The Morgan fingerprint density at radius 2 is 2.18 bits per heavy atom. The van der Waals surface area contributed by atoms with Gasteiger partial charge in [-0.15, -0.1) is 0 Å². The Hall–Kier alpha value is -1.62. The van der Waals surface area contributed by atoms with E-state index in [1.807, 2.05) is 19.4 Å². The van der Waals surface area contributed by atoms with E-state index in [1.165, 1.54) is 32.1 Å². The van der Waals surface area contributed by atoms with Crippen molar-refractivity contribution in [1.29, 1.82) is 0 Å². The van der Waals surface area contributed by atoms with Gasteiger partial charge in [-0.3, -0.25) is 14.4 Å². The molecule has 1 saturated heterocycles. The number of hydrogen-bond donors (Lipinski definition) is 1. The number of allylic oxidation sites excluding steroid dienone is 1. The van der Waals surface area contributed by atoms with Crippen LogP contribution >= 0.6 is 0 Å². The van der Waals surface area contributed by atoms with E-state index in [1.54, 1.807) is 4.68 Å². The highest BCUT2D eigenvalue weighted by Gasteiger charge is 2.39. The van der Waals surface area contributed by atoms with Gasteiger partial charge in [0.15, 0.2) is 0 Å². The monoisotopic (exact) mass is 302 g/mol. The SMILES string of the molecule is Cn1cc([C@H]2CN(C3/C=C\CCCCC3)C[C@@H]2C(N)=O)cn1. The topological polar surface area (TPSA) is 64.2 Å². The fourth-order valence-corrected chi connectivity index (χ4v) is 3.81. The van der Waals surface area contributed by atoms with Crippen LogP contribution in [0, 0.1) is 5.92 Å². The summed E-state index contributed by atoms with van der Waals surface area (Å²) >= 11 is 0. The van der Waals surface area contributed by atoms with E-state index in [0.29, 0.717) is 6.04 Å². The molecule has 5 heteroatoms. The van der Waals surface area contributed by atoms with Crippen molar-refractivity contribution >= 4 is 5.91 Å². The summed E-state index contributed by atoms with van der Waals surface area (Å²) in [5, 5.41) is 4.25. The Bertz CT molecular complexity index is 551. The van der Waals surface area contributed by atoms with Crippen LogP contribution in [0.15, 0.2) is 24.5 Å². The van der Waals surface area contributed by atoms with Gasteiger partial charge in [0.25, 0.3) is 0 Å². The lowest BCUT2D eigenvalue weighted by Gasteiger charge is -2.26. The van der Waals surface area contributed by atoms with Gasteiger partial charge in [-0.2, -0.15) is 5.10 Å². The second kappa shape index (κ2) is 6.65. The van der Waals surface area contributed by atoms with E-state index in [9.17, 15) is 4.79 Å². The molecule has 1 aliphatic carbocycles. The number of carbonyl (C=O) groups excluding carboxylic acids is 1. The maximum Gasteiger partial charge on any atom is 0.222 e. The molecular formula is C17H26N4O. The van der Waals surface area contributed by atoms with E-state index in [2.05, 4.69) is 22.2 Å². The van der Waals surface area contributed by atoms with Crippen LogP contribution in [0.3, 0.4) is 0 Å². The second-order valence-electron chi connectivity index (χ2n) is 6.65. The molecule has 1 aliphatic heterocycles. The first-order chi connectivity index (χ1) is 10.6. The summed E-state index contributed by atoms with van der Waals surface area (Å²) in [7, 11) is 1.91. The molecule has 2 aliphatic rings. The summed E-state index contributed by atoms with van der Waals surface area (Å²) < 4.78 is 1.80. The number of likely N-dealkylation sites (tertiary alicyclic amines) is 1. The highest BCUT2D eigenvalue weighted by atomic mass is 16.1. The Morgan fingerprint density at radius 3 is 2.91 bits per heavy atom. The fourth-order valence-electron chi connectivity index (χ4n) is 3.81. The third-order valence-corrected chi connectivity index (χ3v) is 5.06. The van der Waals surface area contributed by atoms with Crippen LogP contribution in [-0.2, 0) is 11.8 Å². The molecule has 2 N–H and O–H groups in total. The molecule has 3 rings (SSSR count). The maximum atomic E-state index is 11.9. The van der Waals surface area contributed by atoms with Crippen molar-refractivity contribution in [3.05, 3.63) is 30.1 Å². The van der Waals surface area contributed by atoms with Crippen LogP contribution < -0.4 is 5.73 Å². The van der Waals surface area contributed by atoms with Gasteiger partial charge in [0, 0.05) is 38.3 Å². The van der Waals surface area contributed by atoms with Crippen molar-refractivity contribution in [2.24, 2.45) is 18.7 Å². The summed E-state index contributed by atoms with van der Waals surface area (Å²) in [4.78, 5) is 14.3. The van der Waals surface area contributed by atoms with E-state index in [0.717, 1.165) is 18.7 Å². The van der Waals surface area contributed by atoms with Crippen LogP contribution in [-0.4, -0.2) is 39.7 Å². The molecule has 1 fully saturated rings. The minimum atomic E-state index is -0.189. The van der Waals surface area contributed by atoms with E-state index >= 15 is 0 Å². The Labute approximate surface area is 132 Å². The number of aryl methyl sites for hydroxylation is 1. The lowest BCUT2D eigenvalue weighted by atomic mass is 9.90. The van der Waals surface area contributed by atoms with Gasteiger partial charge in [-0.1, -0.05) is 25.0 Å². The largest absolute Gasteiger partial charge is 0.369 e. The maximum absolute atomic E-state index is 11.9. The first-order valence-corrected chi connectivity index (χ1v) is 8.33. The lowest BCUT2D eigenvalue weighted by molar-refractivity contribution is -0.121. The van der Waals surface area contributed by atoms with Gasteiger partial charge in [-0.25, -0.2) is 0 Å². The van der Waals surface area contributed by atoms with Crippen molar-refractivity contribution < 1.29 is 4.79 Å². The molecule has 0 spiro atoms. The zero-order valence-corrected chi connectivity index (χ0v) is 13.3. The van der Waals surface area contributed by atoms with E-state index < -0.39 is 0 Å². The summed E-state index contributed by atoms with van der Waals surface area (Å²) in [5.74, 6) is -0.126. The zero-order valence-electron chi connectivity index (χ0n) is 13.3. The number of aromatic nitrogens is 2. The quantitative estimate of drug-likeness (QED) is 0.866. The van der Waals surface area contributed by atoms with E-state index in [4.69, 9.17) is 5.73 Å². The van der Waals surface area contributed by atoms with Gasteiger partial charge >= 0.3 is 0 Å². The van der Waals surface area contributed by atoms with Gasteiger partial charge < -0.3 is 5.73 Å². The molecule has 1 aromatic rings.